The summed E-state index contributed by atoms with van der Waals surface area (Å²) in [5.41, 5.74) is 9.50. The Labute approximate surface area is 127 Å². The van der Waals surface area contributed by atoms with Gasteiger partial charge in [-0.2, -0.15) is 5.10 Å². The van der Waals surface area contributed by atoms with Crippen molar-refractivity contribution in [2.45, 2.75) is 19.3 Å². The summed E-state index contributed by atoms with van der Waals surface area (Å²) in [6.45, 7) is 4.33. The van der Waals surface area contributed by atoms with Crippen LogP contribution in [0.5, 0.6) is 0 Å². The van der Waals surface area contributed by atoms with Gasteiger partial charge in [0.15, 0.2) is 0 Å². The standard InChI is InChI=1S/C17H17N5/c1-17(2,11-6-4-3-5-7-11)15-20-21-16-19-13-9-8-12(18)10-14(13)22(15)16/h3-10H,18H2,1-2H3,(H,19,21). The summed E-state index contributed by atoms with van der Waals surface area (Å²) in [4.78, 5) is 4.57. The summed E-state index contributed by atoms with van der Waals surface area (Å²) >= 11 is 0. The molecule has 0 spiro atoms. The third kappa shape index (κ3) is 1.72. The molecule has 0 radical (unpaired) electrons. The fourth-order valence-corrected chi connectivity index (χ4v) is 2.94. The zero-order valence-corrected chi connectivity index (χ0v) is 12.5. The lowest BCUT2D eigenvalue weighted by atomic mass is 9.84. The molecule has 2 heterocycles. The summed E-state index contributed by atoms with van der Waals surface area (Å²) < 4.78 is 2.05. The molecule has 0 unspecified atom stereocenters. The molecule has 0 saturated carbocycles. The van der Waals surface area contributed by atoms with Gasteiger partial charge >= 0.3 is 0 Å². The van der Waals surface area contributed by atoms with Crippen LogP contribution in [0.3, 0.4) is 0 Å². The Morgan fingerprint density at radius 2 is 1.86 bits per heavy atom. The summed E-state index contributed by atoms with van der Waals surface area (Å²) in [6, 6.07) is 16.1. The predicted molar refractivity (Wildman–Crippen MR) is 87.8 cm³/mol. The highest BCUT2D eigenvalue weighted by atomic mass is 15.3. The van der Waals surface area contributed by atoms with Crippen LogP contribution in [0.15, 0.2) is 48.5 Å². The van der Waals surface area contributed by atoms with Gasteiger partial charge < -0.3 is 5.73 Å². The fraction of sp³-hybridized carbons (Fsp3) is 0.176. The van der Waals surface area contributed by atoms with Crippen LogP contribution in [0.1, 0.15) is 25.2 Å². The van der Waals surface area contributed by atoms with Crippen molar-refractivity contribution in [3.63, 3.8) is 0 Å². The van der Waals surface area contributed by atoms with E-state index in [4.69, 9.17) is 5.73 Å². The van der Waals surface area contributed by atoms with E-state index < -0.39 is 0 Å². The highest BCUT2D eigenvalue weighted by Gasteiger charge is 2.29. The number of benzene rings is 2. The Morgan fingerprint density at radius 3 is 2.64 bits per heavy atom. The first-order chi connectivity index (χ1) is 10.6. The topological polar surface area (TPSA) is 72.0 Å². The molecule has 2 aromatic heterocycles. The monoisotopic (exact) mass is 291 g/mol. The van der Waals surface area contributed by atoms with Gasteiger partial charge in [-0.1, -0.05) is 30.3 Å². The summed E-state index contributed by atoms with van der Waals surface area (Å²) in [5.74, 6) is 1.65. The number of aromatic amines is 1. The van der Waals surface area contributed by atoms with Gasteiger partial charge in [0, 0.05) is 5.69 Å². The van der Waals surface area contributed by atoms with Gasteiger partial charge in [0.1, 0.15) is 5.82 Å². The maximum atomic E-state index is 5.94. The minimum Gasteiger partial charge on any atom is -0.399 e. The average molecular weight is 291 g/mol. The highest BCUT2D eigenvalue weighted by molar-refractivity contribution is 5.82. The molecule has 0 bridgehead atoms. The SMILES string of the molecule is CC(C)(c1ccccc1)c1n[nH]c2nc3ccc(N)cc3n12. The van der Waals surface area contributed by atoms with Crippen molar-refractivity contribution in [3.05, 3.63) is 59.9 Å². The second kappa shape index (κ2) is 4.34. The van der Waals surface area contributed by atoms with Crippen LogP contribution >= 0.6 is 0 Å². The third-order valence-corrected chi connectivity index (χ3v) is 4.21. The van der Waals surface area contributed by atoms with Crippen LogP contribution in [0.2, 0.25) is 0 Å². The zero-order chi connectivity index (χ0) is 15.3. The van der Waals surface area contributed by atoms with Crippen molar-refractivity contribution in [2.75, 3.05) is 5.73 Å². The van der Waals surface area contributed by atoms with Crippen molar-refractivity contribution in [1.29, 1.82) is 0 Å². The Hall–Kier alpha value is -2.82. The number of hydrogen-bond acceptors (Lipinski definition) is 3. The van der Waals surface area contributed by atoms with Crippen LogP contribution in [0, 0.1) is 0 Å². The highest BCUT2D eigenvalue weighted by Crippen LogP contribution is 2.32. The van der Waals surface area contributed by atoms with E-state index in [2.05, 4.69) is 45.6 Å². The minimum absolute atomic E-state index is 0.252. The number of aromatic nitrogens is 4. The maximum absolute atomic E-state index is 5.94. The molecular weight excluding hydrogens is 274 g/mol. The molecule has 3 N–H and O–H groups in total. The number of hydrogen-bond donors (Lipinski definition) is 2. The molecule has 0 atom stereocenters. The van der Waals surface area contributed by atoms with E-state index >= 15 is 0 Å². The summed E-state index contributed by atoms with van der Waals surface area (Å²) in [6.07, 6.45) is 0. The number of H-pyrrole nitrogens is 1. The first-order valence-corrected chi connectivity index (χ1v) is 7.25. The van der Waals surface area contributed by atoms with Crippen LogP contribution in [0.25, 0.3) is 16.8 Å². The predicted octanol–water partition coefficient (Wildman–Crippen LogP) is 3.12. The van der Waals surface area contributed by atoms with Crippen LogP contribution in [-0.4, -0.2) is 19.6 Å². The van der Waals surface area contributed by atoms with Crippen LogP contribution in [0.4, 0.5) is 5.69 Å². The average Bonchev–Trinajstić information content (AvgIpc) is 3.07. The normalized spacial score (nSPS) is 12.3. The molecule has 2 aromatic carbocycles. The Morgan fingerprint density at radius 1 is 1.09 bits per heavy atom. The molecule has 0 saturated heterocycles. The number of anilines is 1. The molecule has 4 rings (SSSR count). The van der Waals surface area contributed by atoms with E-state index in [1.807, 2.05) is 36.4 Å². The number of nitrogens with two attached hydrogens (primary N) is 1. The molecule has 0 amide bonds. The second-order valence-corrected chi connectivity index (χ2v) is 6.06. The van der Waals surface area contributed by atoms with Gasteiger partial charge in [0.05, 0.1) is 16.4 Å². The van der Waals surface area contributed by atoms with Gasteiger partial charge in [0.2, 0.25) is 5.78 Å². The van der Waals surface area contributed by atoms with Crippen molar-refractivity contribution >= 4 is 22.5 Å². The van der Waals surface area contributed by atoms with Gasteiger partial charge in [-0.05, 0) is 37.6 Å². The molecule has 0 fully saturated rings. The maximum Gasteiger partial charge on any atom is 0.230 e. The van der Waals surface area contributed by atoms with Crippen molar-refractivity contribution in [3.8, 4) is 0 Å². The number of imidazole rings is 1. The Kier molecular flexibility index (Phi) is 2.54. The van der Waals surface area contributed by atoms with E-state index in [9.17, 15) is 0 Å². The molecule has 4 aromatic rings. The molecule has 22 heavy (non-hydrogen) atoms. The number of fused-ring (bicyclic) bond motifs is 3. The summed E-state index contributed by atoms with van der Waals surface area (Å²) in [7, 11) is 0. The molecule has 5 nitrogen and oxygen atoms in total. The van der Waals surface area contributed by atoms with Crippen molar-refractivity contribution < 1.29 is 0 Å². The molecule has 0 aliphatic heterocycles. The number of nitrogen functional groups attached to an aromatic ring is 1. The first kappa shape index (κ1) is 12.9. The van der Waals surface area contributed by atoms with E-state index in [0.717, 1.165) is 28.3 Å². The fourth-order valence-electron chi connectivity index (χ4n) is 2.94. The van der Waals surface area contributed by atoms with E-state index in [-0.39, 0.29) is 5.41 Å². The summed E-state index contributed by atoms with van der Waals surface area (Å²) in [5, 5.41) is 7.55. The second-order valence-electron chi connectivity index (χ2n) is 6.06. The third-order valence-electron chi connectivity index (χ3n) is 4.21. The van der Waals surface area contributed by atoms with Crippen molar-refractivity contribution in [1.82, 2.24) is 19.6 Å². The van der Waals surface area contributed by atoms with E-state index in [1.54, 1.807) is 0 Å². The number of nitrogens with one attached hydrogen (secondary N) is 1. The molecule has 0 aliphatic rings. The number of rotatable bonds is 2. The zero-order valence-electron chi connectivity index (χ0n) is 12.5. The van der Waals surface area contributed by atoms with Gasteiger partial charge in [-0.25, -0.2) is 10.1 Å². The van der Waals surface area contributed by atoms with Gasteiger partial charge in [-0.3, -0.25) is 4.40 Å². The Balaban J connectivity index is 2.03. The lowest BCUT2D eigenvalue weighted by molar-refractivity contribution is 0.586. The van der Waals surface area contributed by atoms with E-state index in [0.29, 0.717) is 0 Å². The lowest BCUT2D eigenvalue weighted by Gasteiger charge is -2.23. The number of nitrogens with zero attached hydrogens (tertiary/aromatic N) is 3. The van der Waals surface area contributed by atoms with Gasteiger partial charge in [0.25, 0.3) is 0 Å². The van der Waals surface area contributed by atoms with Crippen molar-refractivity contribution in [2.24, 2.45) is 0 Å². The minimum atomic E-state index is -0.252. The molecule has 0 aliphatic carbocycles. The molecule has 110 valence electrons. The quantitative estimate of drug-likeness (QED) is 0.557. The lowest BCUT2D eigenvalue weighted by Crippen LogP contribution is -2.22. The largest absolute Gasteiger partial charge is 0.399 e. The smallest absolute Gasteiger partial charge is 0.230 e. The Bertz CT molecular complexity index is 963. The van der Waals surface area contributed by atoms with Crippen LogP contribution in [-0.2, 0) is 5.41 Å². The van der Waals surface area contributed by atoms with E-state index in [1.165, 1.54) is 5.56 Å². The first-order valence-electron chi connectivity index (χ1n) is 7.25. The molecule has 5 heteroatoms. The van der Waals surface area contributed by atoms with Crippen LogP contribution < -0.4 is 5.73 Å². The van der Waals surface area contributed by atoms with Gasteiger partial charge in [-0.15, -0.1) is 0 Å². The molecular formula is C17H17N5.